The molecule has 0 spiro atoms. The highest BCUT2D eigenvalue weighted by atomic mass is 16.5. The van der Waals surface area contributed by atoms with Gasteiger partial charge in [0.05, 0.1) is 17.9 Å². The van der Waals surface area contributed by atoms with Crippen molar-refractivity contribution in [1.82, 2.24) is 0 Å². The van der Waals surface area contributed by atoms with Crippen molar-refractivity contribution in [3.05, 3.63) is 24.3 Å². The standard InChI is InChI=1S/C18H25NO4/c1-16(2)17(3,9-10-18(16,4)15(21)22)14(20)19-12-7-6-8-13(11-12)23-5/h6-8,11H,9-10H2,1-5H3,(H,19,20)(H,21,22). The number of aliphatic carboxylic acids is 1. The van der Waals surface area contributed by atoms with Crippen molar-refractivity contribution in [1.29, 1.82) is 0 Å². The lowest BCUT2D eigenvalue weighted by Gasteiger charge is -2.44. The Morgan fingerprint density at radius 3 is 2.26 bits per heavy atom. The summed E-state index contributed by atoms with van der Waals surface area (Å²) in [5.74, 6) is -0.338. The van der Waals surface area contributed by atoms with Gasteiger partial charge in [-0.05, 0) is 37.3 Å². The van der Waals surface area contributed by atoms with Crippen LogP contribution < -0.4 is 10.1 Å². The number of benzene rings is 1. The Bertz CT molecular complexity index is 640. The maximum Gasteiger partial charge on any atom is 0.309 e. The first kappa shape index (κ1) is 17.3. The Kier molecular flexibility index (Phi) is 4.18. The van der Waals surface area contributed by atoms with Gasteiger partial charge in [-0.2, -0.15) is 0 Å². The van der Waals surface area contributed by atoms with E-state index in [0.717, 1.165) is 0 Å². The molecule has 2 N–H and O–H groups in total. The number of carbonyl (C=O) groups is 2. The van der Waals surface area contributed by atoms with Gasteiger partial charge in [-0.25, -0.2) is 0 Å². The fraction of sp³-hybridized carbons (Fsp3) is 0.556. The molecule has 0 heterocycles. The molecule has 23 heavy (non-hydrogen) atoms. The summed E-state index contributed by atoms with van der Waals surface area (Å²) >= 11 is 0. The molecule has 5 heteroatoms. The summed E-state index contributed by atoms with van der Waals surface area (Å²) in [5, 5.41) is 12.6. The zero-order valence-electron chi connectivity index (χ0n) is 14.4. The average molecular weight is 319 g/mol. The van der Waals surface area contributed by atoms with Gasteiger partial charge in [-0.15, -0.1) is 0 Å². The Morgan fingerprint density at radius 1 is 1.13 bits per heavy atom. The van der Waals surface area contributed by atoms with Crippen LogP contribution in [0.15, 0.2) is 24.3 Å². The molecule has 0 aromatic heterocycles. The van der Waals surface area contributed by atoms with Crippen molar-refractivity contribution in [2.24, 2.45) is 16.2 Å². The van der Waals surface area contributed by atoms with Crippen LogP contribution in [0.4, 0.5) is 5.69 Å². The van der Waals surface area contributed by atoms with Crippen LogP contribution in [-0.4, -0.2) is 24.1 Å². The number of nitrogens with one attached hydrogen (secondary N) is 1. The largest absolute Gasteiger partial charge is 0.497 e. The Hall–Kier alpha value is -2.04. The van der Waals surface area contributed by atoms with E-state index >= 15 is 0 Å². The van der Waals surface area contributed by atoms with Crippen molar-refractivity contribution in [3.8, 4) is 5.75 Å². The van der Waals surface area contributed by atoms with E-state index in [4.69, 9.17) is 4.74 Å². The zero-order valence-corrected chi connectivity index (χ0v) is 14.4. The second kappa shape index (κ2) is 5.55. The summed E-state index contributed by atoms with van der Waals surface area (Å²) in [5.41, 5.74) is -1.71. The summed E-state index contributed by atoms with van der Waals surface area (Å²) < 4.78 is 5.16. The zero-order chi connectivity index (χ0) is 17.5. The third kappa shape index (κ3) is 2.48. The molecule has 1 aromatic rings. The molecule has 0 bridgehead atoms. The molecule has 0 saturated heterocycles. The maximum absolute atomic E-state index is 12.9. The molecule has 1 fully saturated rings. The first-order valence-electron chi connectivity index (χ1n) is 7.77. The normalized spacial score (nSPS) is 29.1. The summed E-state index contributed by atoms with van der Waals surface area (Å²) in [6.45, 7) is 7.34. The van der Waals surface area contributed by atoms with E-state index in [1.54, 1.807) is 38.3 Å². The Morgan fingerprint density at radius 2 is 1.74 bits per heavy atom. The van der Waals surface area contributed by atoms with Gasteiger partial charge in [-0.3, -0.25) is 9.59 Å². The van der Waals surface area contributed by atoms with Crippen molar-refractivity contribution in [3.63, 3.8) is 0 Å². The lowest BCUT2D eigenvalue weighted by molar-refractivity contribution is -0.157. The fourth-order valence-electron chi connectivity index (χ4n) is 3.48. The van der Waals surface area contributed by atoms with Gasteiger partial charge in [0, 0.05) is 11.8 Å². The highest BCUT2D eigenvalue weighted by Crippen LogP contribution is 2.63. The van der Waals surface area contributed by atoms with Crippen LogP contribution in [0.2, 0.25) is 0 Å². The SMILES string of the molecule is COc1cccc(NC(=O)C2(C)CCC(C)(C(=O)O)C2(C)C)c1. The number of ether oxygens (including phenoxy) is 1. The molecule has 5 nitrogen and oxygen atoms in total. The fourth-order valence-corrected chi connectivity index (χ4v) is 3.48. The molecule has 0 radical (unpaired) electrons. The number of carboxylic acid groups (broad SMARTS) is 1. The van der Waals surface area contributed by atoms with Crippen molar-refractivity contribution < 1.29 is 19.4 Å². The number of hydrogen-bond acceptors (Lipinski definition) is 3. The topological polar surface area (TPSA) is 75.6 Å². The van der Waals surface area contributed by atoms with Crippen LogP contribution in [-0.2, 0) is 9.59 Å². The smallest absolute Gasteiger partial charge is 0.309 e. The van der Waals surface area contributed by atoms with Gasteiger partial charge in [-0.1, -0.05) is 26.8 Å². The van der Waals surface area contributed by atoms with Crippen LogP contribution in [0.3, 0.4) is 0 Å². The van der Waals surface area contributed by atoms with Crippen molar-refractivity contribution in [2.45, 2.75) is 40.5 Å². The molecule has 2 atom stereocenters. The molecule has 2 unspecified atom stereocenters. The number of carboxylic acids is 1. The molecule has 1 aliphatic rings. The van der Waals surface area contributed by atoms with Crippen LogP contribution in [0.5, 0.6) is 5.75 Å². The van der Waals surface area contributed by atoms with Crippen LogP contribution in [0.25, 0.3) is 0 Å². The summed E-state index contributed by atoms with van der Waals surface area (Å²) in [4.78, 5) is 24.7. The van der Waals surface area contributed by atoms with Crippen LogP contribution in [0.1, 0.15) is 40.5 Å². The minimum atomic E-state index is -0.923. The number of methoxy groups -OCH3 is 1. The third-order valence-electron chi connectivity index (χ3n) is 6.18. The second-order valence-corrected chi connectivity index (χ2v) is 7.28. The number of amides is 1. The number of carbonyl (C=O) groups excluding carboxylic acids is 1. The van der Waals surface area contributed by atoms with E-state index < -0.39 is 22.2 Å². The first-order chi connectivity index (χ1) is 10.6. The Labute approximate surface area is 137 Å². The predicted molar refractivity (Wildman–Crippen MR) is 88.5 cm³/mol. The lowest BCUT2D eigenvalue weighted by atomic mass is 9.59. The molecule has 126 valence electrons. The van der Waals surface area contributed by atoms with Gasteiger partial charge < -0.3 is 15.2 Å². The molecule has 1 saturated carbocycles. The summed E-state index contributed by atoms with van der Waals surface area (Å²) in [6.07, 6.45) is 1.02. The second-order valence-electron chi connectivity index (χ2n) is 7.28. The number of rotatable bonds is 4. The van der Waals surface area contributed by atoms with Crippen molar-refractivity contribution in [2.75, 3.05) is 12.4 Å². The van der Waals surface area contributed by atoms with Crippen molar-refractivity contribution >= 4 is 17.6 Å². The summed E-state index contributed by atoms with van der Waals surface area (Å²) in [6, 6.07) is 7.15. The highest BCUT2D eigenvalue weighted by molar-refractivity contribution is 5.97. The lowest BCUT2D eigenvalue weighted by Crippen LogP contribution is -2.49. The highest BCUT2D eigenvalue weighted by Gasteiger charge is 2.64. The molecule has 1 aliphatic carbocycles. The molecular formula is C18H25NO4. The first-order valence-corrected chi connectivity index (χ1v) is 7.77. The van der Waals surface area contributed by atoms with Gasteiger partial charge >= 0.3 is 5.97 Å². The van der Waals surface area contributed by atoms with Gasteiger partial charge in [0.15, 0.2) is 0 Å². The van der Waals surface area contributed by atoms with Gasteiger partial charge in [0.25, 0.3) is 0 Å². The van der Waals surface area contributed by atoms with Crippen LogP contribution >= 0.6 is 0 Å². The monoisotopic (exact) mass is 319 g/mol. The van der Waals surface area contributed by atoms with E-state index in [1.807, 2.05) is 20.8 Å². The van der Waals surface area contributed by atoms with E-state index in [2.05, 4.69) is 5.32 Å². The minimum absolute atomic E-state index is 0.152. The molecular weight excluding hydrogens is 294 g/mol. The number of hydrogen-bond donors (Lipinski definition) is 2. The van der Waals surface area contributed by atoms with E-state index in [9.17, 15) is 14.7 Å². The third-order valence-corrected chi connectivity index (χ3v) is 6.18. The van der Waals surface area contributed by atoms with E-state index in [-0.39, 0.29) is 5.91 Å². The van der Waals surface area contributed by atoms with E-state index in [1.165, 1.54) is 0 Å². The molecule has 1 aromatic carbocycles. The van der Waals surface area contributed by atoms with Gasteiger partial charge in [0.2, 0.25) is 5.91 Å². The van der Waals surface area contributed by atoms with Gasteiger partial charge in [0.1, 0.15) is 5.75 Å². The quantitative estimate of drug-likeness (QED) is 0.890. The maximum atomic E-state index is 12.9. The van der Waals surface area contributed by atoms with Crippen LogP contribution in [0, 0.1) is 16.2 Å². The molecule has 0 aliphatic heterocycles. The van der Waals surface area contributed by atoms with E-state index in [0.29, 0.717) is 24.3 Å². The Balaban J connectivity index is 2.29. The molecule has 1 amide bonds. The minimum Gasteiger partial charge on any atom is -0.497 e. The summed E-state index contributed by atoms with van der Waals surface area (Å²) in [7, 11) is 1.57. The number of anilines is 1. The molecule has 2 rings (SSSR count). The predicted octanol–water partition coefficient (Wildman–Crippen LogP) is 3.55. The average Bonchev–Trinajstić information content (AvgIpc) is 2.69.